The van der Waals surface area contributed by atoms with Gasteiger partial charge in [0.1, 0.15) is 5.75 Å². The summed E-state index contributed by atoms with van der Waals surface area (Å²) in [4.78, 5) is 23.8. The molecule has 8 heteroatoms. The highest BCUT2D eigenvalue weighted by Gasteiger charge is 2.34. The summed E-state index contributed by atoms with van der Waals surface area (Å²) in [5.41, 5.74) is 9.50. The van der Waals surface area contributed by atoms with Crippen LogP contribution in [-0.2, 0) is 16.0 Å². The van der Waals surface area contributed by atoms with Gasteiger partial charge in [0.25, 0.3) is 0 Å². The lowest BCUT2D eigenvalue weighted by atomic mass is 9.74. The van der Waals surface area contributed by atoms with Crippen LogP contribution in [0.25, 0.3) is 10.9 Å². The first-order valence-electron chi connectivity index (χ1n) is 8.62. The van der Waals surface area contributed by atoms with Gasteiger partial charge in [-0.05, 0) is 30.4 Å². The second kappa shape index (κ2) is 8.26. The van der Waals surface area contributed by atoms with E-state index in [4.69, 9.17) is 25.7 Å². The number of aromatic nitrogens is 1. The summed E-state index contributed by atoms with van der Waals surface area (Å²) in [5.74, 6) is -1.75. The highest BCUT2D eigenvalue weighted by atomic mass is 16.5. The minimum atomic E-state index is -1.26. The number of fused-ring (bicyclic) bond motifs is 2. The number of nitrogens with two attached hydrogens (primary N) is 1. The second-order valence-corrected chi connectivity index (χ2v) is 7.34. The number of anilines is 1. The summed E-state index contributed by atoms with van der Waals surface area (Å²) in [5, 5.41) is 26.9. The van der Waals surface area contributed by atoms with E-state index < -0.39 is 18.0 Å². The van der Waals surface area contributed by atoms with Gasteiger partial charge < -0.3 is 25.8 Å². The van der Waals surface area contributed by atoms with Gasteiger partial charge in [-0.1, -0.05) is 13.8 Å². The van der Waals surface area contributed by atoms with Crippen LogP contribution in [0.15, 0.2) is 30.4 Å². The maximum Gasteiger partial charge on any atom is 0.328 e. The number of hydrogen-bond donors (Lipinski definition) is 4. The van der Waals surface area contributed by atoms with Crippen molar-refractivity contribution in [3.63, 3.8) is 0 Å². The molecule has 1 aliphatic carbocycles. The monoisotopic (exact) mass is 388 g/mol. The Morgan fingerprint density at radius 2 is 1.86 bits per heavy atom. The topological polar surface area (TPSA) is 143 Å². The molecule has 2 aromatic rings. The van der Waals surface area contributed by atoms with Crippen molar-refractivity contribution in [1.82, 2.24) is 4.98 Å². The molecular weight excluding hydrogens is 364 g/mol. The molecule has 1 aromatic carbocycles. The molecule has 1 unspecified atom stereocenters. The number of nitrogen functional groups attached to an aromatic ring is 1. The molecule has 0 saturated carbocycles. The predicted molar refractivity (Wildman–Crippen MR) is 104 cm³/mol. The Bertz CT molecular complexity index is 920. The first-order chi connectivity index (χ1) is 13.0. The number of aliphatic hydroxyl groups is 1. The molecule has 1 atom stereocenters. The second-order valence-electron chi connectivity index (χ2n) is 7.34. The number of carboxylic acids is 2. The number of carboxylic acid groups (broad SMARTS) is 2. The summed E-state index contributed by atoms with van der Waals surface area (Å²) in [6.07, 6.45) is 2.13. The highest BCUT2D eigenvalue weighted by molar-refractivity contribution is 5.93. The number of aliphatic carboxylic acids is 2. The normalized spacial score (nSPS) is 17.5. The summed E-state index contributed by atoms with van der Waals surface area (Å²) in [7, 11) is 1.63. The van der Waals surface area contributed by atoms with Crippen molar-refractivity contribution in [1.29, 1.82) is 0 Å². The number of methoxy groups -OCH3 is 1. The SMILES string of the molecule is COc1ccc2c(N)c3c(nc2c1)CC(C)(C)CC3O.O=C(O)C=CC(=O)O. The molecule has 3 rings (SSSR count). The molecule has 1 aliphatic rings. The van der Waals surface area contributed by atoms with Crippen molar-refractivity contribution in [3.05, 3.63) is 41.6 Å². The van der Waals surface area contributed by atoms with Gasteiger partial charge in [-0.25, -0.2) is 9.59 Å². The van der Waals surface area contributed by atoms with E-state index >= 15 is 0 Å². The van der Waals surface area contributed by atoms with E-state index in [-0.39, 0.29) is 5.41 Å². The zero-order valence-electron chi connectivity index (χ0n) is 16.0. The molecule has 0 bridgehead atoms. The number of rotatable bonds is 3. The quantitative estimate of drug-likeness (QED) is 0.587. The van der Waals surface area contributed by atoms with Crippen LogP contribution in [0.2, 0.25) is 0 Å². The van der Waals surface area contributed by atoms with Gasteiger partial charge in [-0.15, -0.1) is 0 Å². The molecule has 0 aliphatic heterocycles. The van der Waals surface area contributed by atoms with Crippen molar-refractivity contribution in [3.8, 4) is 5.75 Å². The number of aliphatic hydroxyl groups excluding tert-OH is 1. The van der Waals surface area contributed by atoms with Crippen LogP contribution in [0.4, 0.5) is 5.69 Å². The van der Waals surface area contributed by atoms with E-state index in [2.05, 4.69) is 13.8 Å². The van der Waals surface area contributed by atoms with Crippen molar-refractivity contribution in [2.45, 2.75) is 32.8 Å². The van der Waals surface area contributed by atoms with E-state index in [0.717, 1.165) is 34.3 Å². The molecule has 1 heterocycles. The van der Waals surface area contributed by atoms with Crippen molar-refractivity contribution in [2.75, 3.05) is 12.8 Å². The van der Waals surface area contributed by atoms with Gasteiger partial charge in [0.05, 0.1) is 18.7 Å². The van der Waals surface area contributed by atoms with E-state index in [1.54, 1.807) is 7.11 Å². The minimum absolute atomic E-state index is 0.0401. The number of carbonyl (C=O) groups is 2. The average Bonchev–Trinajstić information content (AvgIpc) is 2.58. The van der Waals surface area contributed by atoms with Gasteiger partial charge in [0.2, 0.25) is 0 Å². The fourth-order valence-electron chi connectivity index (χ4n) is 3.26. The fraction of sp³-hybridized carbons (Fsp3) is 0.350. The lowest BCUT2D eigenvalue weighted by molar-refractivity contribution is -0.134. The van der Waals surface area contributed by atoms with E-state index in [9.17, 15) is 14.7 Å². The zero-order chi connectivity index (χ0) is 21.1. The third-order valence-electron chi connectivity index (χ3n) is 4.45. The smallest absolute Gasteiger partial charge is 0.328 e. The molecule has 8 nitrogen and oxygen atoms in total. The van der Waals surface area contributed by atoms with Gasteiger partial charge in [-0.3, -0.25) is 4.98 Å². The van der Waals surface area contributed by atoms with Crippen LogP contribution in [0.1, 0.15) is 37.6 Å². The fourth-order valence-corrected chi connectivity index (χ4v) is 3.26. The Morgan fingerprint density at radius 3 is 2.39 bits per heavy atom. The van der Waals surface area contributed by atoms with Gasteiger partial charge in [-0.2, -0.15) is 0 Å². The lowest BCUT2D eigenvalue weighted by Gasteiger charge is -2.34. The first-order valence-corrected chi connectivity index (χ1v) is 8.62. The predicted octanol–water partition coefficient (Wildman–Crippen LogP) is 2.54. The van der Waals surface area contributed by atoms with E-state index in [0.29, 0.717) is 24.3 Å². The molecule has 28 heavy (non-hydrogen) atoms. The van der Waals surface area contributed by atoms with Crippen LogP contribution < -0.4 is 10.5 Å². The van der Waals surface area contributed by atoms with Crippen molar-refractivity contribution in [2.24, 2.45) is 5.41 Å². The van der Waals surface area contributed by atoms with E-state index in [1.165, 1.54) is 0 Å². The zero-order valence-corrected chi connectivity index (χ0v) is 16.0. The largest absolute Gasteiger partial charge is 0.497 e. The maximum atomic E-state index is 10.4. The third-order valence-corrected chi connectivity index (χ3v) is 4.45. The molecule has 150 valence electrons. The Morgan fingerprint density at radius 1 is 1.25 bits per heavy atom. The summed E-state index contributed by atoms with van der Waals surface area (Å²) >= 11 is 0. The standard InChI is InChI=1S/C16H20N2O2.C4H4O4/c1-16(2)7-12-14(13(19)8-16)15(17)10-5-4-9(20-3)6-11(10)18-12;5-3(6)1-2-4(7)8/h4-6,13,19H,7-8H2,1-3H3,(H2,17,18);1-2H,(H,5,6)(H,7,8). The number of benzene rings is 1. The number of pyridine rings is 1. The van der Waals surface area contributed by atoms with Crippen LogP contribution in [-0.4, -0.2) is 39.4 Å². The van der Waals surface area contributed by atoms with Crippen LogP contribution in [0.3, 0.4) is 0 Å². The van der Waals surface area contributed by atoms with Crippen LogP contribution >= 0.6 is 0 Å². The molecule has 1 aromatic heterocycles. The third kappa shape index (κ3) is 4.98. The number of ether oxygens (including phenoxy) is 1. The van der Waals surface area contributed by atoms with E-state index in [1.807, 2.05) is 18.2 Å². The Hall–Kier alpha value is -3.13. The van der Waals surface area contributed by atoms with Gasteiger partial charge in [0, 0.05) is 40.5 Å². The molecule has 0 saturated heterocycles. The summed E-state index contributed by atoms with van der Waals surface area (Å²) in [6.45, 7) is 4.29. The van der Waals surface area contributed by atoms with Crippen LogP contribution in [0.5, 0.6) is 5.75 Å². The molecule has 0 fully saturated rings. The van der Waals surface area contributed by atoms with Crippen molar-refractivity contribution < 1.29 is 29.6 Å². The maximum absolute atomic E-state index is 10.4. The molecule has 0 radical (unpaired) electrons. The molecule has 5 N–H and O–H groups in total. The Labute approximate surface area is 162 Å². The van der Waals surface area contributed by atoms with Crippen LogP contribution in [0, 0.1) is 5.41 Å². The highest BCUT2D eigenvalue weighted by Crippen LogP contribution is 2.44. The summed E-state index contributed by atoms with van der Waals surface area (Å²) < 4.78 is 5.24. The first kappa shape index (κ1) is 21.2. The molecule has 0 spiro atoms. The van der Waals surface area contributed by atoms with Crippen molar-refractivity contribution >= 4 is 28.5 Å². The average molecular weight is 388 g/mol. The summed E-state index contributed by atoms with van der Waals surface area (Å²) in [6, 6.07) is 5.66. The lowest BCUT2D eigenvalue weighted by Crippen LogP contribution is -2.27. The van der Waals surface area contributed by atoms with Gasteiger partial charge in [0.15, 0.2) is 0 Å². The molecule has 0 amide bonds. The number of hydrogen-bond acceptors (Lipinski definition) is 6. The Kier molecular flexibility index (Phi) is 6.25. The molecular formula is C20H24N2O6. The Balaban J connectivity index is 0.000000300. The number of nitrogens with zero attached hydrogens (tertiary/aromatic N) is 1. The van der Waals surface area contributed by atoms with Gasteiger partial charge >= 0.3 is 11.9 Å². The minimum Gasteiger partial charge on any atom is -0.497 e.